The van der Waals surface area contributed by atoms with E-state index in [1.165, 1.54) is 21.4 Å². The smallest absolute Gasteiger partial charge is 0.283 e. The minimum absolute atomic E-state index is 0.305. The molecule has 0 radical (unpaired) electrons. The number of aromatic nitrogens is 5. The van der Waals surface area contributed by atoms with Gasteiger partial charge in [-0.05, 0) is 37.5 Å². The Morgan fingerprint density at radius 3 is 2.74 bits per heavy atom. The topological polar surface area (TPSA) is 120 Å². The molecule has 4 heterocycles. The van der Waals surface area contributed by atoms with E-state index in [9.17, 15) is 5.26 Å². The molecule has 1 saturated carbocycles. The highest BCUT2D eigenvalue weighted by molar-refractivity contribution is 6.33. The molecule has 180 valence electrons. The molecule has 0 aromatic carbocycles. The number of hydrogen-bond acceptors (Lipinski definition) is 7. The standard InChI is InChI=1S/C23H22ClF2N9/c1-29-18(3-6-27)31-19-8-15(16(24)9-30-19)14-7-17-20-32-33-21(22(11-28)4-2-5-22)35(20)13-23(25,26)12-34(17)10-14/h3,6-10,27,29H,2,4-5,12-13H2,1H3,(H,30,31)/b18-3+,27-6?. The first-order chi connectivity index (χ1) is 16.8. The molecule has 3 aromatic rings. The van der Waals surface area contributed by atoms with Crippen LogP contribution in [0.2, 0.25) is 5.02 Å². The maximum absolute atomic E-state index is 15.0. The summed E-state index contributed by atoms with van der Waals surface area (Å²) in [5.74, 6) is -1.44. The van der Waals surface area contributed by atoms with Crippen LogP contribution in [0.3, 0.4) is 0 Å². The summed E-state index contributed by atoms with van der Waals surface area (Å²) in [7, 11) is 1.70. The monoisotopic (exact) mass is 497 g/mol. The van der Waals surface area contributed by atoms with Crippen LogP contribution in [0.1, 0.15) is 25.1 Å². The van der Waals surface area contributed by atoms with Crippen LogP contribution in [0.5, 0.6) is 0 Å². The second kappa shape index (κ2) is 8.46. The summed E-state index contributed by atoms with van der Waals surface area (Å²) in [5, 5.41) is 31.8. The Labute approximate surface area is 205 Å². The van der Waals surface area contributed by atoms with Crippen molar-refractivity contribution in [2.24, 2.45) is 0 Å². The maximum atomic E-state index is 15.0. The molecule has 0 bridgehead atoms. The quantitative estimate of drug-likeness (QED) is 0.439. The average molecular weight is 498 g/mol. The number of pyridine rings is 1. The van der Waals surface area contributed by atoms with Gasteiger partial charge in [0.2, 0.25) is 0 Å². The fourth-order valence-corrected chi connectivity index (χ4v) is 4.77. The maximum Gasteiger partial charge on any atom is 0.283 e. The fourth-order valence-electron chi connectivity index (χ4n) is 4.56. The molecule has 5 rings (SSSR count). The Hall–Kier alpha value is -3.78. The lowest BCUT2D eigenvalue weighted by molar-refractivity contribution is -0.0308. The first-order valence-electron chi connectivity index (χ1n) is 11.0. The normalized spacial score (nSPS) is 17.9. The van der Waals surface area contributed by atoms with Gasteiger partial charge in [0, 0.05) is 36.8 Å². The number of allylic oxidation sites excluding steroid dienone is 1. The molecule has 1 aliphatic heterocycles. The number of rotatable bonds is 6. The Morgan fingerprint density at radius 1 is 1.29 bits per heavy atom. The van der Waals surface area contributed by atoms with Crippen molar-refractivity contribution in [3.63, 3.8) is 0 Å². The number of nitrogens with zero attached hydrogens (tertiary/aromatic N) is 6. The van der Waals surface area contributed by atoms with Gasteiger partial charge in [0.05, 0.1) is 29.9 Å². The molecular formula is C23H22ClF2N9. The molecule has 2 aliphatic rings. The van der Waals surface area contributed by atoms with E-state index < -0.39 is 24.4 Å². The van der Waals surface area contributed by atoms with Gasteiger partial charge in [0.25, 0.3) is 5.92 Å². The summed E-state index contributed by atoms with van der Waals surface area (Å²) < 4.78 is 33.0. The number of fused-ring (bicyclic) bond motifs is 3. The van der Waals surface area contributed by atoms with E-state index in [-0.39, 0.29) is 0 Å². The van der Waals surface area contributed by atoms with Crippen molar-refractivity contribution in [3.05, 3.63) is 47.3 Å². The number of nitrogens with one attached hydrogen (secondary N) is 3. The van der Waals surface area contributed by atoms with E-state index in [1.807, 2.05) is 0 Å². The minimum Gasteiger partial charge on any atom is -0.375 e. The summed E-state index contributed by atoms with van der Waals surface area (Å²) in [6.45, 7) is -1.12. The van der Waals surface area contributed by atoms with E-state index in [1.54, 1.807) is 25.4 Å². The van der Waals surface area contributed by atoms with Crippen molar-refractivity contribution in [1.29, 1.82) is 10.7 Å². The summed E-state index contributed by atoms with van der Waals surface area (Å²) in [4.78, 5) is 4.26. The molecule has 3 N–H and O–H groups in total. The number of halogens is 3. The number of hydrogen-bond donors (Lipinski definition) is 3. The van der Waals surface area contributed by atoms with Gasteiger partial charge in [-0.2, -0.15) is 5.26 Å². The van der Waals surface area contributed by atoms with E-state index >= 15 is 8.78 Å². The molecule has 9 nitrogen and oxygen atoms in total. The largest absolute Gasteiger partial charge is 0.375 e. The third-order valence-electron chi connectivity index (χ3n) is 6.47. The van der Waals surface area contributed by atoms with Crippen LogP contribution in [0, 0.1) is 16.7 Å². The van der Waals surface area contributed by atoms with Crippen molar-refractivity contribution in [3.8, 4) is 28.7 Å². The van der Waals surface area contributed by atoms with Crippen LogP contribution in [0.25, 0.3) is 22.6 Å². The lowest BCUT2D eigenvalue weighted by Crippen LogP contribution is -2.37. The van der Waals surface area contributed by atoms with Crippen LogP contribution >= 0.6 is 11.6 Å². The van der Waals surface area contributed by atoms with Gasteiger partial charge in [-0.1, -0.05) is 11.6 Å². The second-order valence-electron chi connectivity index (χ2n) is 8.75. The Balaban J connectivity index is 1.59. The highest BCUT2D eigenvalue weighted by atomic mass is 35.5. The van der Waals surface area contributed by atoms with E-state index in [0.717, 1.165) is 12.6 Å². The van der Waals surface area contributed by atoms with E-state index in [4.69, 9.17) is 17.0 Å². The molecule has 0 amide bonds. The first kappa shape index (κ1) is 23.0. The molecular weight excluding hydrogens is 476 g/mol. The van der Waals surface area contributed by atoms with Crippen LogP contribution in [0.15, 0.2) is 36.4 Å². The van der Waals surface area contributed by atoms with Gasteiger partial charge in [0.15, 0.2) is 11.6 Å². The number of nitriles is 1. The minimum atomic E-state index is -3.07. The molecule has 0 saturated heterocycles. The van der Waals surface area contributed by atoms with Crippen LogP contribution in [-0.4, -0.2) is 43.5 Å². The Kier molecular flexibility index (Phi) is 5.56. The third-order valence-corrected chi connectivity index (χ3v) is 6.77. The molecule has 0 unspecified atom stereocenters. The number of anilines is 1. The lowest BCUT2D eigenvalue weighted by atomic mass is 9.69. The highest BCUT2D eigenvalue weighted by Crippen LogP contribution is 2.45. The predicted octanol–water partition coefficient (Wildman–Crippen LogP) is 4.18. The molecule has 35 heavy (non-hydrogen) atoms. The van der Waals surface area contributed by atoms with Gasteiger partial charge in [-0.25, -0.2) is 13.8 Å². The van der Waals surface area contributed by atoms with Gasteiger partial charge >= 0.3 is 0 Å². The highest BCUT2D eigenvalue weighted by Gasteiger charge is 2.47. The summed E-state index contributed by atoms with van der Waals surface area (Å²) in [5.41, 5.74) is 0.822. The van der Waals surface area contributed by atoms with Gasteiger partial charge in [-0.3, -0.25) is 0 Å². The van der Waals surface area contributed by atoms with Crippen LogP contribution in [-0.2, 0) is 18.5 Å². The fraction of sp³-hybridized carbons (Fsp3) is 0.348. The Bertz CT molecular complexity index is 1380. The van der Waals surface area contributed by atoms with Crippen LogP contribution in [0.4, 0.5) is 14.6 Å². The summed E-state index contributed by atoms with van der Waals surface area (Å²) >= 11 is 6.44. The molecule has 0 spiro atoms. The number of alkyl halides is 2. The zero-order valence-corrected chi connectivity index (χ0v) is 19.6. The van der Waals surface area contributed by atoms with Gasteiger partial charge in [-0.15, -0.1) is 10.2 Å². The zero-order valence-electron chi connectivity index (χ0n) is 18.8. The van der Waals surface area contributed by atoms with Crippen molar-refractivity contribution in [1.82, 2.24) is 29.6 Å². The average Bonchev–Trinajstić information content (AvgIpc) is 3.35. The second-order valence-corrected chi connectivity index (χ2v) is 9.16. The van der Waals surface area contributed by atoms with Crippen LogP contribution < -0.4 is 10.6 Å². The summed E-state index contributed by atoms with van der Waals surface area (Å²) in [6, 6.07) is 5.74. The van der Waals surface area contributed by atoms with Gasteiger partial charge < -0.3 is 25.2 Å². The van der Waals surface area contributed by atoms with E-state index in [2.05, 4.69) is 31.9 Å². The molecule has 3 aromatic heterocycles. The van der Waals surface area contributed by atoms with Crippen molar-refractivity contribution in [2.45, 2.75) is 43.7 Å². The van der Waals surface area contributed by atoms with Crippen molar-refractivity contribution in [2.75, 3.05) is 12.4 Å². The lowest BCUT2D eigenvalue weighted by Gasteiger charge is -2.34. The zero-order chi connectivity index (χ0) is 24.8. The summed E-state index contributed by atoms with van der Waals surface area (Å²) in [6.07, 6.45) is 7.78. The SMILES string of the molecule is CN/C(=C\C=N)Nc1cc(-c2cc3n(c2)CC(F)(F)Cn2c-3nnc2C2(C#N)CCC2)c(Cl)cn1. The van der Waals surface area contributed by atoms with Crippen molar-refractivity contribution < 1.29 is 8.78 Å². The van der Waals surface area contributed by atoms with E-state index in [0.29, 0.717) is 58.0 Å². The predicted molar refractivity (Wildman–Crippen MR) is 127 cm³/mol. The molecule has 0 atom stereocenters. The Morgan fingerprint density at radius 2 is 2.09 bits per heavy atom. The van der Waals surface area contributed by atoms with Crippen molar-refractivity contribution >= 4 is 23.6 Å². The molecule has 1 fully saturated rings. The first-order valence-corrected chi connectivity index (χ1v) is 11.4. The third kappa shape index (κ3) is 3.93. The molecule has 1 aliphatic carbocycles. The van der Waals surface area contributed by atoms with Gasteiger partial charge in [0.1, 0.15) is 17.1 Å². The molecule has 12 heteroatoms.